The standard InChI is InChI=1S/C16H16BrNO/c1-10-3-2-4-15(16(10)17)18-14-8-5-11-9-12(19)6-7-13(11)14/h2-4,6-7,9,14,18-19H,5,8H2,1H3. The van der Waals surface area contributed by atoms with E-state index < -0.39 is 0 Å². The minimum atomic E-state index is 0.327. The van der Waals surface area contributed by atoms with E-state index in [9.17, 15) is 5.11 Å². The first-order valence-electron chi connectivity index (χ1n) is 6.48. The smallest absolute Gasteiger partial charge is 0.115 e. The first kappa shape index (κ1) is 12.5. The number of halogens is 1. The maximum atomic E-state index is 9.52. The van der Waals surface area contributed by atoms with Crippen molar-refractivity contribution in [3.05, 3.63) is 57.6 Å². The molecular weight excluding hydrogens is 302 g/mol. The summed E-state index contributed by atoms with van der Waals surface area (Å²) in [6, 6.07) is 12.3. The zero-order chi connectivity index (χ0) is 13.4. The summed E-state index contributed by atoms with van der Waals surface area (Å²) in [4.78, 5) is 0. The van der Waals surface area contributed by atoms with Crippen LogP contribution in [0.25, 0.3) is 0 Å². The first-order chi connectivity index (χ1) is 9.15. The third kappa shape index (κ3) is 2.35. The Morgan fingerprint density at radius 2 is 2.11 bits per heavy atom. The minimum absolute atomic E-state index is 0.327. The van der Waals surface area contributed by atoms with Gasteiger partial charge in [-0.3, -0.25) is 0 Å². The molecule has 3 heteroatoms. The van der Waals surface area contributed by atoms with Gasteiger partial charge in [-0.2, -0.15) is 0 Å². The molecule has 3 rings (SSSR count). The predicted octanol–water partition coefficient (Wildman–Crippen LogP) is 4.56. The van der Waals surface area contributed by atoms with Gasteiger partial charge in [0.1, 0.15) is 5.75 Å². The second-order valence-corrected chi connectivity index (χ2v) is 5.85. The molecule has 2 N–H and O–H groups in total. The minimum Gasteiger partial charge on any atom is -0.508 e. The number of phenolic OH excluding ortho intramolecular Hbond substituents is 1. The lowest BCUT2D eigenvalue weighted by molar-refractivity contribution is 0.474. The van der Waals surface area contributed by atoms with Crippen LogP contribution in [0.1, 0.15) is 29.2 Å². The van der Waals surface area contributed by atoms with E-state index in [1.165, 1.54) is 16.7 Å². The Morgan fingerprint density at radius 1 is 1.26 bits per heavy atom. The number of hydrogen-bond donors (Lipinski definition) is 2. The van der Waals surface area contributed by atoms with E-state index in [0.29, 0.717) is 11.8 Å². The number of rotatable bonds is 2. The monoisotopic (exact) mass is 317 g/mol. The maximum absolute atomic E-state index is 9.52. The highest BCUT2D eigenvalue weighted by Gasteiger charge is 2.23. The number of benzene rings is 2. The van der Waals surface area contributed by atoms with Crippen LogP contribution >= 0.6 is 15.9 Å². The van der Waals surface area contributed by atoms with Crippen LogP contribution in [-0.4, -0.2) is 5.11 Å². The number of aromatic hydroxyl groups is 1. The molecule has 0 bridgehead atoms. The van der Waals surface area contributed by atoms with Crippen molar-refractivity contribution < 1.29 is 5.11 Å². The van der Waals surface area contributed by atoms with Crippen LogP contribution in [0.5, 0.6) is 5.75 Å². The number of hydrogen-bond acceptors (Lipinski definition) is 2. The van der Waals surface area contributed by atoms with Crippen molar-refractivity contribution in [1.82, 2.24) is 0 Å². The fourth-order valence-corrected chi connectivity index (χ4v) is 3.08. The second-order valence-electron chi connectivity index (χ2n) is 5.06. The quantitative estimate of drug-likeness (QED) is 0.850. The van der Waals surface area contributed by atoms with Crippen LogP contribution in [-0.2, 0) is 6.42 Å². The van der Waals surface area contributed by atoms with Gasteiger partial charge < -0.3 is 10.4 Å². The average Bonchev–Trinajstić information content (AvgIpc) is 2.77. The highest BCUT2D eigenvalue weighted by Crippen LogP contribution is 2.37. The lowest BCUT2D eigenvalue weighted by atomic mass is 10.1. The molecule has 98 valence electrons. The van der Waals surface area contributed by atoms with E-state index in [0.717, 1.165) is 23.0 Å². The molecule has 0 amide bonds. The lowest BCUT2D eigenvalue weighted by Crippen LogP contribution is -2.07. The van der Waals surface area contributed by atoms with Gasteiger partial charge in [0.2, 0.25) is 0 Å². The van der Waals surface area contributed by atoms with Crippen LogP contribution in [0.3, 0.4) is 0 Å². The van der Waals surface area contributed by atoms with Gasteiger partial charge in [-0.15, -0.1) is 0 Å². The van der Waals surface area contributed by atoms with Gasteiger partial charge in [0.15, 0.2) is 0 Å². The molecule has 1 aliphatic carbocycles. The number of aryl methyl sites for hydroxylation is 2. The summed E-state index contributed by atoms with van der Waals surface area (Å²) in [5, 5.41) is 13.1. The van der Waals surface area contributed by atoms with E-state index in [2.05, 4.69) is 46.4 Å². The predicted molar refractivity (Wildman–Crippen MR) is 81.7 cm³/mol. The number of fused-ring (bicyclic) bond motifs is 1. The van der Waals surface area contributed by atoms with Gasteiger partial charge >= 0.3 is 0 Å². The van der Waals surface area contributed by atoms with E-state index in [1.54, 1.807) is 6.07 Å². The maximum Gasteiger partial charge on any atom is 0.115 e. The zero-order valence-corrected chi connectivity index (χ0v) is 12.4. The normalized spacial score (nSPS) is 17.3. The average molecular weight is 318 g/mol. The summed E-state index contributed by atoms with van der Waals surface area (Å²) in [6.07, 6.45) is 2.09. The Hall–Kier alpha value is -1.48. The largest absolute Gasteiger partial charge is 0.508 e. The SMILES string of the molecule is Cc1cccc(NC2CCc3cc(O)ccc32)c1Br. The van der Waals surface area contributed by atoms with E-state index in [-0.39, 0.29) is 0 Å². The Morgan fingerprint density at radius 3 is 2.95 bits per heavy atom. The molecule has 0 aromatic heterocycles. The van der Waals surface area contributed by atoms with Crippen molar-refractivity contribution in [3.8, 4) is 5.75 Å². The number of phenols is 1. The van der Waals surface area contributed by atoms with Crippen LogP contribution in [0, 0.1) is 6.92 Å². The third-order valence-electron chi connectivity index (χ3n) is 3.73. The molecule has 0 fully saturated rings. The zero-order valence-electron chi connectivity index (χ0n) is 10.8. The highest BCUT2D eigenvalue weighted by molar-refractivity contribution is 9.10. The van der Waals surface area contributed by atoms with Gasteiger partial charge in [-0.05, 0) is 70.6 Å². The second kappa shape index (κ2) is 4.89. The Kier molecular flexibility index (Phi) is 3.23. The highest BCUT2D eigenvalue weighted by atomic mass is 79.9. The summed E-state index contributed by atoms with van der Waals surface area (Å²) >= 11 is 3.64. The van der Waals surface area contributed by atoms with Crippen molar-refractivity contribution >= 4 is 21.6 Å². The van der Waals surface area contributed by atoms with Gasteiger partial charge in [0.05, 0.1) is 6.04 Å². The summed E-state index contributed by atoms with van der Waals surface area (Å²) < 4.78 is 1.13. The van der Waals surface area contributed by atoms with Gasteiger partial charge in [-0.1, -0.05) is 18.2 Å². The molecule has 0 radical (unpaired) electrons. The lowest BCUT2D eigenvalue weighted by Gasteiger charge is -2.17. The fourth-order valence-electron chi connectivity index (χ4n) is 2.70. The van der Waals surface area contributed by atoms with Crippen LogP contribution in [0.4, 0.5) is 5.69 Å². The van der Waals surface area contributed by atoms with E-state index in [1.807, 2.05) is 12.1 Å². The Balaban J connectivity index is 1.89. The van der Waals surface area contributed by atoms with Crippen LogP contribution < -0.4 is 5.32 Å². The molecule has 1 unspecified atom stereocenters. The molecule has 0 heterocycles. The Bertz CT molecular complexity index is 624. The van der Waals surface area contributed by atoms with Gasteiger partial charge in [-0.25, -0.2) is 0 Å². The first-order valence-corrected chi connectivity index (χ1v) is 7.28. The van der Waals surface area contributed by atoms with E-state index in [4.69, 9.17) is 0 Å². The number of anilines is 1. The van der Waals surface area contributed by atoms with Crippen molar-refractivity contribution in [2.45, 2.75) is 25.8 Å². The molecular formula is C16H16BrNO. The molecule has 2 aromatic rings. The molecule has 2 nitrogen and oxygen atoms in total. The molecule has 0 saturated carbocycles. The molecule has 2 aromatic carbocycles. The summed E-state index contributed by atoms with van der Waals surface area (Å²) in [7, 11) is 0. The fraction of sp³-hybridized carbons (Fsp3) is 0.250. The van der Waals surface area contributed by atoms with Crippen molar-refractivity contribution in [1.29, 1.82) is 0 Å². The third-order valence-corrected chi connectivity index (χ3v) is 4.78. The molecule has 0 spiro atoms. The molecule has 19 heavy (non-hydrogen) atoms. The molecule has 0 aliphatic heterocycles. The summed E-state index contributed by atoms with van der Waals surface area (Å²) in [6.45, 7) is 2.09. The Labute approximate surface area is 121 Å². The number of nitrogens with one attached hydrogen (secondary N) is 1. The van der Waals surface area contributed by atoms with Gasteiger partial charge in [0, 0.05) is 10.2 Å². The molecule has 0 saturated heterocycles. The summed E-state index contributed by atoms with van der Waals surface area (Å²) in [5.74, 6) is 0.358. The summed E-state index contributed by atoms with van der Waals surface area (Å²) in [5.41, 5.74) is 4.91. The molecule has 1 aliphatic rings. The van der Waals surface area contributed by atoms with Crippen molar-refractivity contribution in [2.75, 3.05) is 5.32 Å². The van der Waals surface area contributed by atoms with Crippen molar-refractivity contribution in [3.63, 3.8) is 0 Å². The molecule has 1 atom stereocenters. The van der Waals surface area contributed by atoms with Crippen LogP contribution in [0.15, 0.2) is 40.9 Å². The van der Waals surface area contributed by atoms with Gasteiger partial charge in [0.25, 0.3) is 0 Å². The topological polar surface area (TPSA) is 32.3 Å². The van der Waals surface area contributed by atoms with Crippen LogP contribution in [0.2, 0.25) is 0 Å². The van der Waals surface area contributed by atoms with Crippen molar-refractivity contribution in [2.24, 2.45) is 0 Å². The van der Waals surface area contributed by atoms with E-state index >= 15 is 0 Å².